The van der Waals surface area contributed by atoms with E-state index in [0.29, 0.717) is 12.1 Å². The number of aromatic nitrogens is 2. The van der Waals surface area contributed by atoms with Crippen molar-refractivity contribution in [3.63, 3.8) is 0 Å². The van der Waals surface area contributed by atoms with Crippen molar-refractivity contribution in [1.29, 1.82) is 0 Å². The number of hydrogen-bond donors (Lipinski definition) is 2. The highest BCUT2D eigenvalue weighted by Gasteiger charge is 2.28. The van der Waals surface area contributed by atoms with Gasteiger partial charge in [-0.1, -0.05) is 6.07 Å². The van der Waals surface area contributed by atoms with Crippen LogP contribution >= 0.6 is 0 Å². The number of sulfone groups is 1. The molecule has 0 aromatic carbocycles. The van der Waals surface area contributed by atoms with Gasteiger partial charge in [0.25, 0.3) is 5.91 Å². The molecule has 9 heteroatoms. The van der Waals surface area contributed by atoms with E-state index in [1.54, 1.807) is 16.7 Å². The van der Waals surface area contributed by atoms with Crippen molar-refractivity contribution < 1.29 is 18.0 Å². The lowest BCUT2D eigenvalue weighted by atomic mass is 10.2. The lowest BCUT2D eigenvalue weighted by Crippen LogP contribution is -2.42. The van der Waals surface area contributed by atoms with Crippen LogP contribution in [0.5, 0.6) is 0 Å². The molecule has 1 aliphatic rings. The second-order valence-electron chi connectivity index (χ2n) is 5.87. The van der Waals surface area contributed by atoms with Gasteiger partial charge in [0, 0.05) is 17.9 Å². The fourth-order valence-electron chi connectivity index (χ4n) is 2.70. The number of hydrogen-bond acceptors (Lipinski definition) is 5. The summed E-state index contributed by atoms with van der Waals surface area (Å²) in [6, 6.07) is 5.16. The molecule has 0 aliphatic carbocycles. The Morgan fingerprint density at radius 1 is 1.38 bits per heavy atom. The van der Waals surface area contributed by atoms with Crippen LogP contribution in [0.2, 0.25) is 0 Å². The number of pyridine rings is 1. The topological polar surface area (TPSA) is 110 Å². The van der Waals surface area contributed by atoms with E-state index in [-0.39, 0.29) is 29.8 Å². The van der Waals surface area contributed by atoms with Crippen molar-refractivity contribution in [2.75, 3.05) is 18.1 Å². The van der Waals surface area contributed by atoms with Gasteiger partial charge in [0.15, 0.2) is 9.84 Å². The molecule has 128 valence electrons. The Kier molecular flexibility index (Phi) is 4.27. The molecular formula is C15H18N4O4S. The predicted octanol–water partition coefficient (Wildman–Crippen LogP) is -0.324. The molecular weight excluding hydrogens is 332 g/mol. The van der Waals surface area contributed by atoms with E-state index >= 15 is 0 Å². The highest BCUT2D eigenvalue weighted by atomic mass is 32.2. The molecule has 24 heavy (non-hydrogen) atoms. The molecule has 2 amide bonds. The molecule has 1 saturated heterocycles. The van der Waals surface area contributed by atoms with Crippen molar-refractivity contribution >= 4 is 27.3 Å². The summed E-state index contributed by atoms with van der Waals surface area (Å²) in [7, 11) is -3.05. The summed E-state index contributed by atoms with van der Waals surface area (Å²) in [5, 5.41) is 5.12. The monoisotopic (exact) mass is 350 g/mol. The van der Waals surface area contributed by atoms with Crippen LogP contribution in [0.3, 0.4) is 0 Å². The first-order valence-corrected chi connectivity index (χ1v) is 9.39. The molecule has 1 fully saturated rings. The average molecular weight is 350 g/mol. The van der Waals surface area contributed by atoms with Gasteiger partial charge in [-0.15, -0.1) is 0 Å². The maximum atomic E-state index is 12.1. The lowest BCUT2D eigenvalue weighted by molar-refractivity contribution is -0.120. The Morgan fingerprint density at radius 3 is 2.83 bits per heavy atom. The van der Waals surface area contributed by atoms with Gasteiger partial charge in [0.2, 0.25) is 5.91 Å². The second-order valence-corrected chi connectivity index (χ2v) is 8.10. The van der Waals surface area contributed by atoms with E-state index in [0.717, 1.165) is 5.69 Å². The van der Waals surface area contributed by atoms with Crippen molar-refractivity contribution in [2.24, 2.45) is 0 Å². The molecule has 2 aromatic rings. The molecule has 2 aromatic heterocycles. The van der Waals surface area contributed by atoms with E-state index in [4.69, 9.17) is 0 Å². The standard InChI is InChI=1S/C15H18N4O4S/c1-10-3-2-4-13-18-12(8-19(10)13)15(21)16-7-14(20)17-11-5-6-24(22,23)9-11/h2-4,8,11H,5-7,9H2,1H3,(H,16,21)(H,17,20). The normalized spacial score (nSPS) is 19.3. The summed E-state index contributed by atoms with van der Waals surface area (Å²) in [4.78, 5) is 28.1. The first kappa shape index (κ1) is 16.4. The molecule has 0 spiro atoms. The average Bonchev–Trinajstić information content (AvgIpc) is 3.09. The Labute approximate surface area is 139 Å². The number of fused-ring (bicyclic) bond motifs is 1. The second kappa shape index (κ2) is 6.23. The van der Waals surface area contributed by atoms with Crippen LogP contribution in [0.15, 0.2) is 24.4 Å². The zero-order valence-electron chi connectivity index (χ0n) is 13.2. The first-order valence-electron chi connectivity index (χ1n) is 7.57. The first-order chi connectivity index (χ1) is 11.3. The van der Waals surface area contributed by atoms with Gasteiger partial charge in [0.1, 0.15) is 11.3 Å². The van der Waals surface area contributed by atoms with E-state index in [9.17, 15) is 18.0 Å². The number of carbonyl (C=O) groups is 2. The third-order valence-electron chi connectivity index (χ3n) is 3.94. The summed E-state index contributed by atoms with van der Waals surface area (Å²) in [6.07, 6.45) is 2.02. The lowest BCUT2D eigenvalue weighted by Gasteiger charge is -2.10. The molecule has 0 radical (unpaired) electrons. The van der Waals surface area contributed by atoms with E-state index in [1.807, 2.05) is 19.1 Å². The molecule has 1 atom stereocenters. The van der Waals surface area contributed by atoms with E-state index < -0.39 is 21.7 Å². The van der Waals surface area contributed by atoms with Crippen LogP contribution in [0.1, 0.15) is 22.6 Å². The van der Waals surface area contributed by atoms with Gasteiger partial charge in [0.05, 0.1) is 18.1 Å². The van der Waals surface area contributed by atoms with Crippen LogP contribution < -0.4 is 10.6 Å². The number of carbonyl (C=O) groups excluding carboxylic acids is 2. The van der Waals surface area contributed by atoms with Gasteiger partial charge in [-0.2, -0.15) is 0 Å². The number of imidazole rings is 1. The SMILES string of the molecule is Cc1cccc2nc(C(=O)NCC(=O)NC3CCS(=O)(=O)C3)cn12. The predicted molar refractivity (Wildman–Crippen MR) is 87.5 cm³/mol. The maximum absolute atomic E-state index is 12.1. The van der Waals surface area contributed by atoms with E-state index in [1.165, 1.54) is 0 Å². The van der Waals surface area contributed by atoms with Gasteiger partial charge >= 0.3 is 0 Å². The van der Waals surface area contributed by atoms with Crippen molar-refractivity contribution in [1.82, 2.24) is 20.0 Å². The Bertz CT molecular complexity index is 903. The van der Waals surface area contributed by atoms with Gasteiger partial charge in [-0.3, -0.25) is 9.59 Å². The largest absolute Gasteiger partial charge is 0.351 e. The number of nitrogens with one attached hydrogen (secondary N) is 2. The Morgan fingerprint density at radius 2 is 2.17 bits per heavy atom. The van der Waals surface area contributed by atoms with Crippen LogP contribution in [0.25, 0.3) is 5.65 Å². The molecule has 0 bridgehead atoms. The minimum Gasteiger partial charge on any atom is -0.351 e. The number of rotatable bonds is 4. The van der Waals surface area contributed by atoms with E-state index in [2.05, 4.69) is 15.6 Å². The maximum Gasteiger partial charge on any atom is 0.271 e. The Hall–Kier alpha value is -2.42. The summed E-state index contributed by atoms with van der Waals surface area (Å²) >= 11 is 0. The molecule has 1 aliphatic heterocycles. The molecule has 0 saturated carbocycles. The molecule has 3 heterocycles. The van der Waals surface area contributed by atoms with Crippen LogP contribution in [0.4, 0.5) is 0 Å². The zero-order valence-corrected chi connectivity index (χ0v) is 14.0. The van der Waals surface area contributed by atoms with Crippen molar-refractivity contribution in [3.8, 4) is 0 Å². The van der Waals surface area contributed by atoms with Gasteiger partial charge in [-0.25, -0.2) is 13.4 Å². The molecule has 3 rings (SSSR count). The smallest absolute Gasteiger partial charge is 0.271 e. The molecule has 2 N–H and O–H groups in total. The minimum atomic E-state index is -3.05. The van der Waals surface area contributed by atoms with Crippen LogP contribution in [-0.2, 0) is 14.6 Å². The third kappa shape index (κ3) is 3.56. The fraction of sp³-hybridized carbons (Fsp3) is 0.400. The molecule has 1 unspecified atom stereocenters. The fourth-order valence-corrected chi connectivity index (χ4v) is 4.37. The van der Waals surface area contributed by atoms with Crippen LogP contribution in [-0.4, -0.2) is 53.7 Å². The number of nitrogens with zero attached hydrogens (tertiary/aromatic N) is 2. The van der Waals surface area contributed by atoms with Crippen molar-refractivity contribution in [2.45, 2.75) is 19.4 Å². The highest BCUT2D eigenvalue weighted by molar-refractivity contribution is 7.91. The minimum absolute atomic E-state index is 0.0433. The zero-order chi connectivity index (χ0) is 17.3. The summed E-state index contributed by atoms with van der Waals surface area (Å²) in [5.74, 6) is -0.818. The Balaban J connectivity index is 1.56. The third-order valence-corrected chi connectivity index (χ3v) is 5.70. The summed E-state index contributed by atoms with van der Waals surface area (Å²) < 4.78 is 24.5. The van der Waals surface area contributed by atoms with Gasteiger partial charge in [-0.05, 0) is 25.5 Å². The quantitative estimate of drug-likeness (QED) is 0.785. The van der Waals surface area contributed by atoms with Crippen molar-refractivity contribution in [3.05, 3.63) is 35.8 Å². The van der Waals surface area contributed by atoms with Crippen LogP contribution in [0, 0.1) is 6.92 Å². The summed E-state index contributed by atoms with van der Waals surface area (Å²) in [6.45, 7) is 1.68. The number of aryl methyl sites for hydroxylation is 1. The number of amides is 2. The highest BCUT2D eigenvalue weighted by Crippen LogP contribution is 2.11. The van der Waals surface area contributed by atoms with Gasteiger partial charge < -0.3 is 15.0 Å². The summed E-state index contributed by atoms with van der Waals surface area (Å²) in [5.41, 5.74) is 1.82. The molecule has 8 nitrogen and oxygen atoms in total.